The average molecular weight is 356 g/mol. The van der Waals surface area contributed by atoms with Crippen molar-refractivity contribution in [3.8, 4) is 0 Å². The highest BCUT2D eigenvalue weighted by Crippen LogP contribution is 2.33. The molecule has 2 heterocycles. The van der Waals surface area contributed by atoms with E-state index in [0.717, 1.165) is 25.0 Å². The fraction of sp³-hybridized carbons (Fsp3) is 0.529. The number of nitrogens with one attached hydrogen (secondary N) is 1. The standard InChI is InChI=1S/C17H19F3N2O3/c18-17(19,20)12-3-1-4-13(8-12)22-10-11(7-15(22)23)16(24)21-9-14-5-2-6-25-14/h1,3-4,8,11,14H,2,5-7,9-10H2,(H,21,24). The normalized spacial score (nSPS) is 24.0. The molecule has 0 spiro atoms. The maximum atomic E-state index is 12.8. The molecule has 2 amide bonds. The highest BCUT2D eigenvalue weighted by atomic mass is 19.4. The Morgan fingerprint density at radius 3 is 2.84 bits per heavy atom. The van der Waals surface area contributed by atoms with Crippen LogP contribution >= 0.6 is 0 Å². The maximum absolute atomic E-state index is 12.8. The summed E-state index contributed by atoms with van der Waals surface area (Å²) in [7, 11) is 0. The number of carbonyl (C=O) groups is 2. The van der Waals surface area contributed by atoms with Crippen molar-refractivity contribution in [3.05, 3.63) is 29.8 Å². The third-order valence-electron chi connectivity index (χ3n) is 4.51. The highest BCUT2D eigenvalue weighted by Gasteiger charge is 2.37. The Labute approximate surface area is 143 Å². The van der Waals surface area contributed by atoms with Crippen LogP contribution in [-0.4, -0.2) is 37.6 Å². The lowest BCUT2D eigenvalue weighted by Gasteiger charge is -2.18. The second-order valence-electron chi connectivity index (χ2n) is 6.33. The number of amides is 2. The van der Waals surface area contributed by atoms with E-state index in [9.17, 15) is 22.8 Å². The Balaban J connectivity index is 1.63. The van der Waals surface area contributed by atoms with Gasteiger partial charge in [-0.2, -0.15) is 13.2 Å². The second kappa shape index (κ2) is 7.03. The van der Waals surface area contributed by atoms with E-state index < -0.39 is 17.7 Å². The Kier molecular flexibility index (Phi) is 4.99. The van der Waals surface area contributed by atoms with E-state index in [2.05, 4.69) is 5.32 Å². The van der Waals surface area contributed by atoms with Gasteiger partial charge in [-0.3, -0.25) is 9.59 Å². The minimum absolute atomic E-state index is 0.000579. The Morgan fingerprint density at radius 2 is 2.16 bits per heavy atom. The van der Waals surface area contributed by atoms with Gasteiger partial charge < -0.3 is 15.0 Å². The van der Waals surface area contributed by atoms with Crippen LogP contribution in [0, 0.1) is 5.92 Å². The molecule has 0 radical (unpaired) electrons. The predicted molar refractivity (Wildman–Crippen MR) is 83.9 cm³/mol. The number of ether oxygens (including phenoxy) is 1. The number of anilines is 1. The molecule has 3 rings (SSSR count). The van der Waals surface area contributed by atoms with E-state index in [1.54, 1.807) is 0 Å². The average Bonchev–Trinajstić information content (AvgIpc) is 3.21. The van der Waals surface area contributed by atoms with E-state index in [1.807, 2.05) is 0 Å². The molecule has 0 aliphatic carbocycles. The Bertz CT molecular complexity index is 657. The number of halogens is 3. The lowest BCUT2D eigenvalue weighted by Crippen LogP contribution is -2.37. The molecule has 5 nitrogen and oxygen atoms in total. The molecule has 0 saturated carbocycles. The first kappa shape index (κ1) is 17.7. The molecule has 1 N–H and O–H groups in total. The molecule has 0 bridgehead atoms. The molecule has 136 valence electrons. The molecule has 1 aromatic carbocycles. The molecular weight excluding hydrogens is 337 g/mol. The van der Waals surface area contributed by atoms with Gasteiger partial charge in [0.25, 0.3) is 0 Å². The molecule has 8 heteroatoms. The van der Waals surface area contributed by atoms with Crippen LogP contribution < -0.4 is 10.2 Å². The van der Waals surface area contributed by atoms with E-state index in [0.29, 0.717) is 13.2 Å². The topological polar surface area (TPSA) is 58.6 Å². The Morgan fingerprint density at radius 1 is 1.36 bits per heavy atom. The first-order valence-electron chi connectivity index (χ1n) is 8.21. The van der Waals surface area contributed by atoms with E-state index in [-0.39, 0.29) is 36.6 Å². The fourth-order valence-electron chi connectivity index (χ4n) is 3.15. The fourth-order valence-corrected chi connectivity index (χ4v) is 3.15. The van der Waals surface area contributed by atoms with Crippen molar-refractivity contribution in [2.45, 2.75) is 31.5 Å². The van der Waals surface area contributed by atoms with E-state index in [4.69, 9.17) is 4.74 Å². The molecule has 2 saturated heterocycles. The van der Waals surface area contributed by atoms with Gasteiger partial charge in [0, 0.05) is 31.8 Å². The van der Waals surface area contributed by atoms with Crippen molar-refractivity contribution in [1.29, 1.82) is 0 Å². The van der Waals surface area contributed by atoms with Gasteiger partial charge in [-0.15, -0.1) is 0 Å². The predicted octanol–water partition coefficient (Wildman–Crippen LogP) is 2.35. The zero-order chi connectivity index (χ0) is 18.0. The summed E-state index contributed by atoms with van der Waals surface area (Å²) < 4.78 is 43.9. The van der Waals surface area contributed by atoms with Gasteiger partial charge in [0.1, 0.15) is 0 Å². The number of carbonyl (C=O) groups excluding carboxylic acids is 2. The summed E-state index contributed by atoms with van der Waals surface area (Å²) in [5.74, 6) is -1.18. The molecule has 2 unspecified atom stereocenters. The van der Waals surface area contributed by atoms with Gasteiger partial charge in [0.15, 0.2) is 0 Å². The number of alkyl halides is 3. The van der Waals surface area contributed by atoms with Gasteiger partial charge in [0.2, 0.25) is 11.8 Å². The SMILES string of the molecule is O=C(NCC1CCCO1)C1CC(=O)N(c2cccc(C(F)(F)F)c2)C1. The third-order valence-corrected chi connectivity index (χ3v) is 4.51. The van der Waals surface area contributed by atoms with Crippen molar-refractivity contribution in [2.24, 2.45) is 5.92 Å². The number of hydrogen-bond donors (Lipinski definition) is 1. The van der Waals surface area contributed by atoms with Crippen molar-refractivity contribution < 1.29 is 27.5 Å². The van der Waals surface area contributed by atoms with Gasteiger partial charge in [-0.1, -0.05) is 6.07 Å². The van der Waals surface area contributed by atoms with Crippen LogP contribution in [0.25, 0.3) is 0 Å². The van der Waals surface area contributed by atoms with E-state index in [1.165, 1.54) is 17.0 Å². The van der Waals surface area contributed by atoms with Crippen molar-refractivity contribution in [3.63, 3.8) is 0 Å². The zero-order valence-electron chi connectivity index (χ0n) is 13.5. The highest BCUT2D eigenvalue weighted by molar-refractivity contribution is 6.00. The largest absolute Gasteiger partial charge is 0.416 e. The van der Waals surface area contributed by atoms with Gasteiger partial charge in [-0.05, 0) is 31.0 Å². The van der Waals surface area contributed by atoms with Crippen LogP contribution in [-0.2, 0) is 20.5 Å². The maximum Gasteiger partial charge on any atom is 0.416 e. The zero-order valence-corrected chi connectivity index (χ0v) is 13.5. The lowest BCUT2D eigenvalue weighted by molar-refractivity contribution is -0.137. The van der Waals surface area contributed by atoms with Crippen molar-refractivity contribution in [1.82, 2.24) is 5.32 Å². The lowest BCUT2D eigenvalue weighted by atomic mass is 10.1. The van der Waals surface area contributed by atoms with Crippen LogP contribution in [0.5, 0.6) is 0 Å². The molecule has 2 aliphatic heterocycles. The summed E-state index contributed by atoms with van der Waals surface area (Å²) in [4.78, 5) is 25.6. The van der Waals surface area contributed by atoms with Crippen molar-refractivity contribution in [2.75, 3.05) is 24.6 Å². The van der Waals surface area contributed by atoms with Crippen LogP contribution in [0.2, 0.25) is 0 Å². The molecule has 0 aromatic heterocycles. The van der Waals surface area contributed by atoms with Gasteiger partial charge in [0.05, 0.1) is 17.6 Å². The van der Waals surface area contributed by atoms with E-state index >= 15 is 0 Å². The monoisotopic (exact) mass is 356 g/mol. The van der Waals surface area contributed by atoms with Crippen LogP contribution in [0.4, 0.5) is 18.9 Å². The number of hydrogen-bond acceptors (Lipinski definition) is 3. The Hall–Kier alpha value is -2.09. The number of nitrogens with zero attached hydrogens (tertiary/aromatic N) is 1. The summed E-state index contributed by atoms with van der Waals surface area (Å²) in [6.07, 6.45) is -2.63. The molecule has 2 fully saturated rings. The number of benzene rings is 1. The molecule has 25 heavy (non-hydrogen) atoms. The first-order valence-corrected chi connectivity index (χ1v) is 8.21. The first-order chi connectivity index (χ1) is 11.8. The summed E-state index contributed by atoms with van der Waals surface area (Å²) in [6, 6.07) is 4.59. The number of rotatable bonds is 4. The summed E-state index contributed by atoms with van der Waals surface area (Å²) in [5, 5.41) is 2.77. The van der Waals surface area contributed by atoms with Crippen LogP contribution in [0.15, 0.2) is 24.3 Å². The van der Waals surface area contributed by atoms with Crippen molar-refractivity contribution >= 4 is 17.5 Å². The molecule has 2 aliphatic rings. The smallest absolute Gasteiger partial charge is 0.376 e. The molecule has 2 atom stereocenters. The minimum atomic E-state index is -4.48. The summed E-state index contributed by atoms with van der Waals surface area (Å²) in [6.45, 7) is 1.16. The van der Waals surface area contributed by atoms with Gasteiger partial charge in [-0.25, -0.2) is 0 Å². The third kappa shape index (κ3) is 4.12. The molecular formula is C17H19F3N2O3. The molecule has 1 aromatic rings. The second-order valence-corrected chi connectivity index (χ2v) is 6.33. The van der Waals surface area contributed by atoms with Crippen LogP contribution in [0.1, 0.15) is 24.8 Å². The summed E-state index contributed by atoms with van der Waals surface area (Å²) in [5.41, 5.74) is -0.654. The quantitative estimate of drug-likeness (QED) is 0.901. The van der Waals surface area contributed by atoms with Crippen LogP contribution in [0.3, 0.4) is 0 Å². The minimum Gasteiger partial charge on any atom is -0.376 e. The summed E-state index contributed by atoms with van der Waals surface area (Å²) >= 11 is 0. The van der Waals surface area contributed by atoms with Gasteiger partial charge >= 0.3 is 6.18 Å².